The maximum absolute atomic E-state index is 12.1. The summed E-state index contributed by atoms with van der Waals surface area (Å²) in [7, 11) is 0. The van der Waals surface area contributed by atoms with Crippen molar-refractivity contribution in [2.45, 2.75) is 52.2 Å². The molecule has 2 aliphatic rings. The summed E-state index contributed by atoms with van der Waals surface area (Å²) in [6, 6.07) is 0.618. The maximum atomic E-state index is 12.1. The molecule has 1 atom stereocenters. The normalized spacial score (nSPS) is 23.9. The van der Waals surface area contributed by atoms with Gasteiger partial charge in [0, 0.05) is 45.3 Å². The molecule has 0 spiro atoms. The van der Waals surface area contributed by atoms with Crippen LogP contribution in [0.4, 0.5) is 4.79 Å². The Balaban J connectivity index is 1.78. The van der Waals surface area contributed by atoms with Crippen LogP contribution in [0.1, 0.15) is 40.5 Å². The first-order valence-electron chi connectivity index (χ1n) is 8.29. The topological polar surface area (TPSA) is 44.8 Å². The van der Waals surface area contributed by atoms with Gasteiger partial charge in [0.05, 0.1) is 0 Å². The first-order valence-corrected chi connectivity index (χ1v) is 8.29. The first kappa shape index (κ1) is 16.6. The van der Waals surface area contributed by atoms with Crippen LogP contribution in [0.5, 0.6) is 0 Å². The van der Waals surface area contributed by atoms with Gasteiger partial charge in [-0.3, -0.25) is 4.90 Å². The molecule has 2 heterocycles. The molecule has 2 fully saturated rings. The van der Waals surface area contributed by atoms with Gasteiger partial charge in [0.1, 0.15) is 5.60 Å². The summed E-state index contributed by atoms with van der Waals surface area (Å²) >= 11 is 0. The average Bonchev–Trinajstić information content (AvgIpc) is 2.46. The van der Waals surface area contributed by atoms with Crippen molar-refractivity contribution in [2.24, 2.45) is 5.92 Å². The van der Waals surface area contributed by atoms with Crippen molar-refractivity contribution in [3.05, 3.63) is 0 Å². The number of nitrogens with one attached hydrogen (secondary N) is 1. The van der Waals surface area contributed by atoms with E-state index >= 15 is 0 Å². The molecule has 0 aliphatic carbocycles. The van der Waals surface area contributed by atoms with Gasteiger partial charge in [-0.25, -0.2) is 4.79 Å². The largest absolute Gasteiger partial charge is 0.444 e. The molecule has 0 saturated carbocycles. The molecule has 0 radical (unpaired) electrons. The van der Waals surface area contributed by atoms with E-state index in [9.17, 15) is 4.79 Å². The van der Waals surface area contributed by atoms with Crippen LogP contribution < -0.4 is 5.32 Å². The number of rotatable bonds is 2. The van der Waals surface area contributed by atoms with Crippen LogP contribution in [0, 0.1) is 5.92 Å². The zero-order valence-electron chi connectivity index (χ0n) is 14.0. The van der Waals surface area contributed by atoms with E-state index < -0.39 is 5.60 Å². The molecule has 0 unspecified atom stereocenters. The fourth-order valence-corrected chi connectivity index (χ4v) is 3.28. The number of hydrogen-bond acceptors (Lipinski definition) is 4. The van der Waals surface area contributed by atoms with E-state index in [1.165, 1.54) is 0 Å². The SMILES string of the molecule is C[C@H](C1CCN(C(=O)OC(C)(C)C)CC1)N1CCNCC1. The minimum atomic E-state index is -0.401. The van der Waals surface area contributed by atoms with Crippen LogP contribution >= 0.6 is 0 Å². The number of carbonyl (C=O) groups excluding carboxylic acids is 1. The van der Waals surface area contributed by atoms with Gasteiger partial charge in [0.15, 0.2) is 0 Å². The molecule has 5 nitrogen and oxygen atoms in total. The van der Waals surface area contributed by atoms with Crippen LogP contribution in [0.2, 0.25) is 0 Å². The van der Waals surface area contributed by atoms with Crippen LogP contribution in [-0.2, 0) is 4.74 Å². The Morgan fingerprint density at radius 1 is 1.14 bits per heavy atom. The third kappa shape index (κ3) is 4.85. The molecule has 1 amide bonds. The summed E-state index contributed by atoms with van der Waals surface area (Å²) in [5.41, 5.74) is -0.401. The van der Waals surface area contributed by atoms with E-state index in [1.54, 1.807) is 0 Å². The smallest absolute Gasteiger partial charge is 0.410 e. The summed E-state index contributed by atoms with van der Waals surface area (Å²) in [6.45, 7) is 14.3. The molecule has 21 heavy (non-hydrogen) atoms. The van der Waals surface area contributed by atoms with E-state index in [4.69, 9.17) is 4.74 Å². The molecule has 1 N–H and O–H groups in total. The number of carbonyl (C=O) groups is 1. The van der Waals surface area contributed by atoms with Gasteiger partial charge in [0.25, 0.3) is 0 Å². The summed E-state index contributed by atoms with van der Waals surface area (Å²) in [4.78, 5) is 16.5. The number of amides is 1. The van der Waals surface area contributed by atoms with Gasteiger partial charge in [0.2, 0.25) is 0 Å². The second-order valence-electron chi connectivity index (χ2n) is 7.33. The number of piperidine rings is 1. The highest BCUT2D eigenvalue weighted by Gasteiger charge is 2.31. The van der Waals surface area contributed by atoms with Crippen LogP contribution in [-0.4, -0.2) is 66.8 Å². The summed E-state index contributed by atoms with van der Waals surface area (Å²) < 4.78 is 5.46. The molecule has 2 rings (SSSR count). The summed E-state index contributed by atoms with van der Waals surface area (Å²) in [5, 5.41) is 3.41. The Bertz CT molecular complexity index is 340. The lowest BCUT2D eigenvalue weighted by Gasteiger charge is -2.41. The average molecular weight is 297 g/mol. The lowest BCUT2D eigenvalue weighted by Crippen LogP contribution is -2.52. The number of piperazine rings is 1. The van der Waals surface area contributed by atoms with Gasteiger partial charge in [-0.2, -0.15) is 0 Å². The highest BCUT2D eigenvalue weighted by atomic mass is 16.6. The standard InChI is InChI=1S/C16H31N3O2/c1-13(18-11-7-17-8-12-18)14-5-9-19(10-6-14)15(20)21-16(2,3)4/h13-14,17H,5-12H2,1-4H3/t13-/m1/s1. The molecule has 0 bridgehead atoms. The number of nitrogens with zero attached hydrogens (tertiary/aromatic N) is 2. The molecule has 122 valence electrons. The van der Waals surface area contributed by atoms with E-state index in [0.29, 0.717) is 12.0 Å². The lowest BCUT2D eigenvalue weighted by atomic mass is 9.89. The van der Waals surface area contributed by atoms with Crippen molar-refractivity contribution in [3.8, 4) is 0 Å². The Kier molecular flexibility index (Phi) is 5.49. The molecule has 2 saturated heterocycles. The fourth-order valence-electron chi connectivity index (χ4n) is 3.28. The van der Waals surface area contributed by atoms with E-state index in [1.807, 2.05) is 25.7 Å². The Hall–Kier alpha value is -0.810. The molecular weight excluding hydrogens is 266 g/mol. The summed E-state index contributed by atoms with van der Waals surface area (Å²) in [6.07, 6.45) is 2.02. The minimum Gasteiger partial charge on any atom is -0.444 e. The second kappa shape index (κ2) is 6.97. The van der Waals surface area contributed by atoms with Crippen LogP contribution in [0.25, 0.3) is 0 Å². The van der Waals surface area contributed by atoms with Gasteiger partial charge in [-0.05, 0) is 46.5 Å². The predicted octanol–water partition coefficient (Wildman–Crippen LogP) is 1.93. The van der Waals surface area contributed by atoms with Gasteiger partial charge in [-0.15, -0.1) is 0 Å². The maximum Gasteiger partial charge on any atom is 0.410 e. The van der Waals surface area contributed by atoms with Crippen molar-refractivity contribution in [2.75, 3.05) is 39.3 Å². The minimum absolute atomic E-state index is 0.157. The molecule has 0 aromatic carbocycles. The van der Waals surface area contributed by atoms with Crippen molar-refractivity contribution in [1.82, 2.24) is 15.1 Å². The molecule has 0 aromatic heterocycles. The number of hydrogen-bond donors (Lipinski definition) is 1. The third-order valence-corrected chi connectivity index (χ3v) is 4.60. The van der Waals surface area contributed by atoms with E-state index in [0.717, 1.165) is 52.1 Å². The van der Waals surface area contributed by atoms with Crippen LogP contribution in [0.15, 0.2) is 0 Å². The molecule has 5 heteroatoms. The predicted molar refractivity (Wildman–Crippen MR) is 84.4 cm³/mol. The molecule has 0 aromatic rings. The van der Waals surface area contributed by atoms with Crippen molar-refractivity contribution in [3.63, 3.8) is 0 Å². The third-order valence-electron chi connectivity index (χ3n) is 4.60. The van der Waals surface area contributed by atoms with E-state index in [2.05, 4.69) is 17.1 Å². The monoisotopic (exact) mass is 297 g/mol. The van der Waals surface area contributed by atoms with Gasteiger partial charge in [-0.1, -0.05) is 0 Å². The Morgan fingerprint density at radius 3 is 2.24 bits per heavy atom. The Labute approximate surface area is 129 Å². The first-order chi connectivity index (χ1) is 9.87. The van der Waals surface area contributed by atoms with E-state index in [-0.39, 0.29) is 6.09 Å². The highest BCUT2D eigenvalue weighted by Crippen LogP contribution is 2.25. The summed E-state index contributed by atoms with van der Waals surface area (Å²) in [5.74, 6) is 0.696. The number of ether oxygens (including phenoxy) is 1. The number of likely N-dealkylation sites (tertiary alicyclic amines) is 1. The fraction of sp³-hybridized carbons (Fsp3) is 0.938. The zero-order valence-corrected chi connectivity index (χ0v) is 14.0. The van der Waals surface area contributed by atoms with Crippen LogP contribution in [0.3, 0.4) is 0 Å². The second-order valence-corrected chi connectivity index (χ2v) is 7.33. The van der Waals surface area contributed by atoms with Gasteiger partial charge >= 0.3 is 6.09 Å². The quantitative estimate of drug-likeness (QED) is 0.846. The highest BCUT2D eigenvalue weighted by molar-refractivity contribution is 5.68. The molecular formula is C16H31N3O2. The van der Waals surface area contributed by atoms with Crippen molar-refractivity contribution in [1.29, 1.82) is 0 Å². The van der Waals surface area contributed by atoms with Gasteiger partial charge < -0.3 is 15.0 Å². The van der Waals surface area contributed by atoms with Crippen molar-refractivity contribution >= 4 is 6.09 Å². The Morgan fingerprint density at radius 2 is 1.71 bits per heavy atom. The van der Waals surface area contributed by atoms with Crippen molar-refractivity contribution < 1.29 is 9.53 Å². The lowest BCUT2D eigenvalue weighted by molar-refractivity contribution is 0.0130. The zero-order chi connectivity index (χ0) is 15.5. The molecule has 2 aliphatic heterocycles.